The minimum atomic E-state index is -4.54. The molecule has 0 unspecified atom stereocenters. The van der Waals surface area contributed by atoms with Gasteiger partial charge in [-0.3, -0.25) is 4.79 Å². The maximum atomic E-state index is 13.1. The van der Waals surface area contributed by atoms with E-state index >= 15 is 0 Å². The van der Waals surface area contributed by atoms with Crippen molar-refractivity contribution in [3.05, 3.63) is 81.2 Å². The predicted octanol–water partition coefficient (Wildman–Crippen LogP) is 4.47. The fraction of sp³-hybridized carbons (Fsp3) is 0.280. The van der Waals surface area contributed by atoms with Crippen molar-refractivity contribution < 1.29 is 27.5 Å². The van der Waals surface area contributed by atoms with E-state index < -0.39 is 41.4 Å². The summed E-state index contributed by atoms with van der Waals surface area (Å²) in [7, 11) is 0. The van der Waals surface area contributed by atoms with Crippen molar-refractivity contribution in [3.8, 4) is 11.4 Å². The van der Waals surface area contributed by atoms with Crippen LogP contribution in [0.25, 0.3) is 17.6 Å². The zero-order valence-corrected chi connectivity index (χ0v) is 20.9. The van der Waals surface area contributed by atoms with Crippen molar-refractivity contribution in [3.63, 3.8) is 0 Å². The Balaban J connectivity index is 1.90. The summed E-state index contributed by atoms with van der Waals surface area (Å²) in [5, 5.41) is 7.33. The van der Waals surface area contributed by atoms with Crippen LogP contribution in [-0.2, 0) is 32.6 Å². The van der Waals surface area contributed by atoms with Gasteiger partial charge in [0.2, 0.25) is 5.91 Å². The van der Waals surface area contributed by atoms with Crippen molar-refractivity contribution in [2.45, 2.75) is 39.0 Å². The van der Waals surface area contributed by atoms with Crippen LogP contribution in [-0.4, -0.2) is 32.8 Å². The van der Waals surface area contributed by atoms with Gasteiger partial charge in [0, 0.05) is 22.9 Å². The van der Waals surface area contributed by atoms with Gasteiger partial charge in [0.15, 0.2) is 5.82 Å². The molecule has 0 spiro atoms. The van der Waals surface area contributed by atoms with Gasteiger partial charge >= 0.3 is 17.8 Å². The molecule has 3 rings (SSSR count). The molecule has 0 fully saturated rings. The van der Waals surface area contributed by atoms with Gasteiger partial charge in [-0.15, -0.1) is 5.10 Å². The van der Waals surface area contributed by atoms with Crippen molar-refractivity contribution in [1.82, 2.24) is 19.7 Å². The second-order valence-electron chi connectivity index (χ2n) is 8.46. The van der Waals surface area contributed by atoms with Gasteiger partial charge < -0.3 is 10.1 Å². The molecule has 0 aliphatic carbocycles. The van der Waals surface area contributed by atoms with E-state index in [1.54, 1.807) is 45.0 Å². The summed E-state index contributed by atoms with van der Waals surface area (Å²) in [4.78, 5) is 37.7. The SMILES string of the molecule is CCOC(=O)C=Cn1c(-c2ccc(Cl)cc2)nn(CC(=O)NC(C)(C)c2cccc(C(F)(F)F)c2)c1=O. The second-order valence-corrected chi connectivity index (χ2v) is 8.90. The third kappa shape index (κ3) is 6.88. The topological polar surface area (TPSA) is 95.2 Å². The molecule has 0 aliphatic rings. The summed E-state index contributed by atoms with van der Waals surface area (Å²) < 4.78 is 46.2. The molecule has 0 saturated carbocycles. The first-order chi connectivity index (χ1) is 17.3. The molecule has 0 aliphatic heterocycles. The third-order valence-corrected chi connectivity index (χ3v) is 5.53. The summed E-state index contributed by atoms with van der Waals surface area (Å²) in [6.45, 7) is 4.34. The Labute approximate surface area is 215 Å². The number of benzene rings is 2. The van der Waals surface area contributed by atoms with Crippen molar-refractivity contribution in [2.24, 2.45) is 0 Å². The van der Waals surface area contributed by atoms with Gasteiger partial charge in [0.1, 0.15) is 6.54 Å². The lowest BCUT2D eigenvalue weighted by Gasteiger charge is -2.27. The summed E-state index contributed by atoms with van der Waals surface area (Å²) in [5.41, 5.74) is -2.04. The van der Waals surface area contributed by atoms with E-state index in [2.05, 4.69) is 10.4 Å². The Morgan fingerprint density at radius 3 is 2.38 bits per heavy atom. The first-order valence-corrected chi connectivity index (χ1v) is 11.5. The zero-order valence-electron chi connectivity index (χ0n) is 20.2. The van der Waals surface area contributed by atoms with E-state index in [4.69, 9.17) is 16.3 Å². The molecule has 8 nitrogen and oxygen atoms in total. The second kappa shape index (κ2) is 11.0. The van der Waals surface area contributed by atoms with Crippen molar-refractivity contribution in [1.29, 1.82) is 0 Å². The maximum Gasteiger partial charge on any atom is 0.416 e. The quantitative estimate of drug-likeness (QED) is 0.338. The molecule has 1 N–H and O–H groups in total. The van der Waals surface area contributed by atoms with Crippen molar-refractivity contribution in [2.75, 3.05) is 6.61 Å². The van der Waals surface area contributed by atoms with E-state index in [0.717, 1.165) is 27.5 Å². The number of nitrogens with zero attached hydrogens (tertiary/aromatic N) is 3. The largest absolute Gasteiger partial charge is 0.463 e. The van der Waals surface area contributed by atoms with Crippen LogP contribution in [0.3, 0.4) is 0 Å². The normalized spacial score (nSPS) is 12.1. The number of halogens is 4. The van der Waals surface area contributed by atoms with Crippen LogP contribution in [0.5, 0.6) is 0 Å². The Kier molecular flexibility index (Phi) is 8.27. The number of aromatic nitrogens is 3. The van der Waals surface area contributed by atoms with Gasteiger partial charge in [-0.25, -0.2) is 18.8 Å². The molecule has 0 saturated heterocycles. The highest BCUT2D eigenvalue weighted by atomic mass is 35.5. The molecular weight excluding hydrogens is 513 g/mol. The summed E-state index contributed by atoms with van der Waals surface area (Å²) in [6, 6.07) is 11.0. The van der Waals surface area contributed by atoms with Crippen LogP contribution in [0.4, 0.5) is 13.2 Å². The highest BCUT2D eigenvalue weighted by Crippen LogP contribution is 2.32. The summed E-state index contributed by atoms with van der Waals surface area (Å²) in [5.74, 6) is -1.21. The van der Waals surface area contributed by atoms with E-state index in [1.807, 2.05) is 0 Å². The Bertz CT molecular complexity index is 1380. The number of carbonyl (C=O) groups is 2. The Hall–Kier alpha value is -3.86. The Morgan fingerprint density at radius 1 is 1.11 bits per heavy atom. The van der Waals surface area contributed by atoms with Gasteiger partial charge in [0.25, 0.3) is 0 Å². The van der Waals surface area contributed by atoms with Crippen LogP contribution >= 0.6 is 11.6 Å². The number of rotatable bonds is 8. The molecule has 37 heavy (non-hydrogen) atoms. The standard InChI is InChI=1S/C25H24ClF3N4O4/c1-4-37-21(35)12-13-32-22(16-8-10-19(26)11-9-16)31-33(23(32)36)15-20(34)30-24(2,3)17-6-5-7-18(14-17)25(27,28)29/h5-14H,4,15H2,1-3H3,(H,30,34). The van der Waals surface area contributed by atoms with Crippen LogP contribution in [0.2, 0.25) is 5.02 Å². The summed E-state index contributed by atoms with van der Waals surface area (Å²) >= 11 is 5.94. The van der Waals surface area contributed by atoms with Crippen LogP contribution < -0.4 is 11.0 Å². The minimum Gasteiger partial charge on any atom is -0.463 e. The molecule has 3 aromatic rings. The van der Waals surface area contributed by atoms with Crippen molar-refractivity contribution >= 4 is 29.7 Å². The Morgan fingerprint density at radius 2 is 1.76 bits per heavy atom. The predicted molar refractivity (Wildman–Crippen MR) is 132 cm³/mol. The average molecular weight is 537 g/mol. The monoisotopic (exact) mass is 536 g/mol. The van der Waals surface area contributed by atoms with E-state index in [1.165, 1.54) is 18.3 Å². The van der Waals surface area contributed by atoms with Gasteiger partial charge in [-0.05, 0) is 62.7 Å². The lowest BCUT2D eigenvalue weighted by molar-refractivity contribution is -0.138. The lowest BCUT2D eigenvalue weighted by Crippen LogP contribution is -2.44. The average Bonchev–Trinajstić information content (AvgIpc) is 3.12. The van der Waals surface area contributed by atoms with Crippen LogP contribution in [0.1, 0.15) is 31.9 Å². The van der Waals surface area contributed by atoms with Crippen LogP contribution in [0.15, 0.2) is 59.4 Å². The highest BCUT2D eigenvalue weighted by molar-refractivity contribution is 6.30. The molecule has 0 radical (unpaired) electrons. The molecule has 196 valence electrons. The molecule has 1 heterocycles. The fourth-order valence-corrected chi connectivity index (χ4v) is 3.59. The number of nitrogens with one attached hydrogen (secondary N) is 1. The molecule has 1 aromatic heterocycles. The lowest BCUT2D eigenvalue weighted by atomic mass is 9.92. The molecule has 1 amide bonds. The maximum absolute atomic E-state index is 13.1. The smallest absolute Gasteiger partial charge is 0.416 e. The number of esters is 1. The molecule has 2 aromatic carbocycles. The van der Waals surface area contributed by atoms with Gasteiger partial charge in [-0.1, -0.05) is 23.7 Å². The molecule has 12 heteroatoms. The van der Waals surface area contributed by atoms with E-state index in [0.29, 0.717) is 10.6 Å². The number of amides is 1. The molecular formula is C25H24ClF3N4O4. The number of alkyl halides is 3. The zero-order chi connectivity index (χ0) is 27.4. The highest BCUT2D eigenvalue weighted by Gasteiger charge is 2.32. The third-order valence-electron chi connectivity index (χ3n) is 5.28. The summed E-state index contributed by atoms with van der Waals surface area (Å²) in [6.07, 6.45) is -2.31. The number of hydrogen-bond acceptors (Lipinski definition) is 5. The van der Waals surface area contributed by atoms with Gasteiger partial charge in [0.05, 0.1) is 17.7 Å². The number of hydrogen-bond donors (Lipinski definition) is 1. The first kappa shape index (κ1) is 27.7. The number of ether oxygens (including phenoxy) is 1. The fourth-order valence-electron chi connectivity index (χ4n) is 3.46. The molecule has 0 atom stereocenters. The van der Waals surface area contributed by atoms with E-state index in [9.17, 15) is 27.6 Å². The first-order valence-electron chi connectivity index (χ1n) is 11.1. The minimum absolute atomic E-state index is 0.132. The number of carbonyl (C=O) groups excluding carboxylic acids is 2. The van der Waals surface area contributed by atoms with Crippen LogP contribution in [0, 0.1) is 0 Å². The molecule has 0 bridgehead atoms. The van der Waals surface area contributed by atoms with Gasteiger partial charge in [-0.2, -0.15) is 13.2 Å². The van der Waals surface area contributed by atoms with E-state index in [-0.39, 0.29) is 18.0 Å².